The Bertz CT molecular complexity index is 1340. The topological polar surface area (TPSA) is 83.1 Å². The SMILES string of the molecule is CCCOC(COCC1(CCC)COC1)COCC1(CCCCC2(COCc3ccc(-c4ccc(COCC5(CC)COC5)cc4)cc3)COC2)COC1. The van der Waals surface area contributed by atoms with Gasteiger partial charge in [0.2, 0.25) is 0 Å². The minimum absolute atomic E-state index is 0.0474. The van der Waals surface area contributed by atoms with E-state index < -0.39 is 0 Å². The highest BCUT2D eigenvalue weighted by molar-refractivity contribution is 5.63. The lowest BCUT2D eigenvalue weighted by Crippen LogP contribution is -2.48. The molecular weight excluding hydrogens is 684 g/mol. The predicted octanol–water partition coefficient (Wildman–Crippen LogP) is 8.05. The fourth-order valence-corrected chi connectivity index (χ4v) is 7.98. The van der Waals surface area contributed by atoms with Gasteiger partial charge in [-0.25, -0.2) is 0 Å². The molecular formula is C45H68O9. The highest BCUT2D eigenvalue weighted by atomic mass is 16.6. The van der Waals surface area contributed by atoms with Gasteiger partial charge in [-0.05, 0) is 54.4 Å². The van der Waals surface area contributed by atoms with Gasteiger partial charge in [-0.15, -0.1) is 0 Å². The Morgan fingerprint density at radius 2 is 0.907 bits per heavy atom. The summed E-state index contributed by atoms with van der Waals surface area (Å²) in [5.41, 5.74) is 5.45. The minimum atomic E-state index is -0.0474. The van der Waals surface area contributed by atoms with Crippen molar-refractivity contribution in [3.05, 3.63) is 59.7 Å². The molecule has 6 rings (SSSR count). The summed E-state index contributed by atoms with van der Waals surface area (Å²) in [6, 6.07) is 17.5. The Balaban J connectivity index is 0.858. The number of hydrogen-bond donors (Lipinski definition) is 0. The molecule has 9 nitrogen and oxygen atoms in total. The molecule has 0 bridgehead atoms. The number of hydrogen-bond acceptors (Lipinski definition) is 9. The Kier molecular flexibility index (Phi) is 15.8. The van der Waals surface area contributed by atoms with E-state index in [1.165, 1.54) is 22.3 Å². The van der Waals surface area contributed by atoms with Gasteiger partial charge in [0.15, 0.2) is 0 Å². The fourth-order valence-electron chi connectivity index (χ4n) is 7.98. The Morgan fingerprint density at radius 1 is 0.500 bits per heavy atom. The van der Waals surface area contributed by atoms with Crippen LogP contribution >= 0.6 is 0 Å². The van der Waals surface area contributed by atoms with Crippen LogP contribution in [-0.2, 0) is 55.8 Å². The molecule has 0 saturated carbocycles. The molecule has 2 aromatic carbocycles. The number of benzene rings is 2. The third-order valence-electron chi connectivity index (χ3n) is 12.0. The summed E-state index contributed by atoms with van der Waals surface area (Å²) in [5.74, 6) is 0. The number of unbranched alkanes of at least 4 members (excludes halogenated alkanes) is 1. The number of rotatable bonds is 28. The van der Waals surface area contributed by atoms with Crippen LogP contribution < -0.4 is 0 Å². The van der Waals surface area contributed by atoms with E-state index >= 15 is 0 Å². The molecule has 0 radical (unpaired) electrons. The lowest BCUT2D eigenvalue weighted by atomic mass is 9.78. The second-order valence-electron chi connectivity index (χ2n) is 17.2. The van der Waals surface area contributed by atoms with Crippen LogP contribution in [0.3, 0.4) is 0 Å². The Labute approximate surface area is 325 Å². The molecule has 0 amide bonds. The third-order valence-corrected chi connectivity index (χ3v) is 12.0. The maximum Gasteiger partial charge on any atom is 0.104 e. The molecule has 9 heteroatoms. The van der Waals surface area contributed by atoms with Crippen LogP contribution in [0.2, 0.25) is 0 Å². The molecule has 4 fully saturated rings. The lowest BCUT2D eigenvalue weighted by Gasteiger charge is -2.43. The first-order chi connectivity index (χ1) is 26.4. The summed E-state index contributed by atoms with van der Waals surface area (Å²) in [4.78, 5) is 0. The lowest BCUT2D eigenvalue weighted by molar-refractivity contribution is -0.175. The van der Waals surface area contributed by atoms with Crippen molar-refractivity contribution in [3.63, 3.8) is 0 Å². The van der Waals surface area contributed by atoms with Gasteiger partial charge in [-0.1, -0.05) is 88.6 Å². The van der Waals surface area contributed by atoms with E-state index in [9.17, 15) is 0 Å². The second-order valence-corrected chi connectivity index (χ2v) is 17.2. The fraction of sp³-hybridized carbons (Fsp3) is 0.733. The van der Waals surface area contributed by atoms with E-state index in [1.807, 2.05) is 0 Å². The quantitative estimate of drug-likeness (QED) is 0.0803. The zero-order valence-electron chi connectivity index (χ0n) is 33.5. The summed E-state index contributed by atoms with van der Waals surface area (Å²) in [7, 11) is 0. The Hall–Kier alpha value is -1.92. The van der Waals surface area contributed by atoms with Gasteiger partial charge in [-0.3, -0.25) is 0 Å². The van der Waals surface area contributed by atoms with Crippen LogP contribution in [0.15, 0.2) is 48.5 Å². The van der Waals surface area contributed by atoms with Crippen molar-refractivity contribution in [1.29, 1.82) is 0 Å². The molecule has 4 saturated heterocycles. The molecule has 4 heterocycles. The van der Waals surface area contributed by atoms with Crippen LogP contribution in [-0.4, -0.2) is 105 Å². The van der Waals surface area contributed by atoms with Crippen molar-refractivity contribution >= 4 is 0 Å². The van der Waals surface area contributed by atoms with Crippen molar-refractivity contribution in [3.8, 4) is 11.1 Å². The summed E-state index contributed by atoms with van der Waals surface area (Å²) in [6.45, 7) is 19.0. The standard InChI is InChI=1S/C45H68O9/c1-4-17-43(31-51-32-43)28-48-23-41(54-20-5-2)24-49-30-45(35-53-36-45)19-8-7-18-44(33-52-34-44)29-47-22-38-11-15-40(16-12-38)39-13-9-37(10-14-39)21-46-25-42(6-3)26-50-27-42/h9-16,41H,4-8,17-36H2,1-3H3. The van der Waals surface area contributed by atoms with E-state index in [1.54, 1.807) is 0 Å². The molecule has 1 atom stereocenters. The molecule has 4 aliphatic heterocycles. The van der Waals surface area contributed by atoms with Crippen LogP contribution in [0.25, 0.3) is 11.1 Å². The summed E-state index contributed by atoms with van der Waals surface area (Å²) in [6.07, 6.45) is 8.87. The van der Waals surface area contributed by atoms with Crippen molar-refractivity contribution in [1.82, 2.24) is 0 Å². The van der Waals surface area contributed by atoms with E-state index in [-0.39, 0.29) is 27.8 Å². The second kappa shape index (κ2) is 20.5. The summed E-state index contributed by atoms with van der Waals surface area (Å²) < 4.78 is 53.2. The minimum Gasteiger partial charge on any atom is -0.380 e. The zero-order valence-corrected chi connectivity index (χ0v) is 33.5. The van der Waals surface area contributed by atoms with Crippen LogP contribution in [0.5, 0.6) is 0 Å². The van der Waals surface area contributed by atoms with E-state index in [0.717, 1.165) is 131 Å². The maximum atomic E-state index is 6.31. The predicted molar refractivity (Wildman–Crippen MR) is 210 cm³/mol. The highest BCUT2D eigenvalue weighted by Gasteiger charge is 2.42. The number of ether oxygens (including phenoxy) is 9. The molecule has 302 valence electrons. The monoisotopic (exact) mass is 752 g/mol. The summed E-state index contributed by atoms with van der Waals surface area (Å²) in [5, 5.41) is 0. The molecule has 2 aromatic rings. The van der Waals surface area contributed by atoms with Gasteiger partial charge < -0.3 is 42.6 Å². The highest BCUT2D eigenvalue weighted by Crippen LogP contribution is 2.38. The first-order valence-electron chi connectivity index (χ1n) is 20.8. The van der Waals surface area contributed by atoms with Crippen LogP contribution in [0.4, 0.5) is 0 Å². The van der Waals surface area contributed by atoms with Gasteiger partial charge >= 0.3 is 0 Å². The van der Waals surface area contributed by atoms with E-state index in [4.69, 9.17) is 42.6 Å². The molecule has 0 aliphatic carbocycles. The smallest absolute Gasteiger partial charge is 0.104 e. The van der Waals surface area contributed by atoms with Crippen LogP contribution in [0.1, 0.15) is 83.3 Å². The van der Waals surface area contributed by atoms with E-state index in [0.29, 0.717) is 33.0 Å². The van der Waals surface area contributed by atoms with Gasteiger partial charge in [0, 0.05) is 28.3 Å². The van der Waals surface area contributed by atoms with Crippen molar-refractivity contribution < 1.29 is 42.6 Å². The first-order valence-corrected chi connectivity index (χ1v) is 20.8. The van der Waals surface area contributed by atoms with Crippen LogP contribution in [0, 0.1) is 21.7 Å². The molecule has 0 aromatic heterocycles. The average molecular weight is 753 g/mol. The average Bonchev–Trinajstić information content (AvgIpc) is 3.13. The van der Waals surface area contributed by atoms with Crippen molar-refractivity contribution in [2.45, 2.75) is 91.5 Å². The molecule has 0 N–H and O–H groups in total. The van der Waals surface area contributed by atoms with Gasteiger partial charge in [0.1, 0.15) is 6.10 Å². The first kappa shape index (κ1) is 41.7. The Morgan fingerprint density at radius 3 is 1.28 bits per heavy atom. The molecule has 4 aliphatic rings. The molecule has 0 spiro atoms. The van der Waals surface area contributed by atoms with Crippen molar-refractivity contribution in [2.75, 3.05) is 99.1 Å². The zero-order chi connectivity index (χ0) is 37.6. The molecule has 54 heavy (non-hydrogen) atoms. The maximum absolute atomic E-state index is 6.31. The van der Waals surface area contributed by atoms with Crippen molar-refractivity contribution in [2.24, 2.45) is 21.7 Å². The van der Waals surface area contributed by atoms with E-state index in [2.05, 4.69) is 69.3 Å². The third kappa shape index (κ3) is 11.6. The van der Waals surface area contributed by atoms with Gasteiger partial charge in [0.05, 0.1) is 106 Å². The largest absolute Gasteiger partial charge is 0.380 e. The van der Waals surface area contributed by atoms with Gasteiger partial charge in [0.25, 0.3) is 0 Å². The normalized spacial score (nSPS) is 21.0. The van der Waals surface area contributed by atoms with Gasteiger partial charge in [-0.2, -0.15) is 0 Å². The molecule has 1 unspecified atom stereocenters. The summed E-state index contributed by atoms with van der Waals surface area (Å²) >= 11 is 0.